The number of nitrogens with zero attached hydrogens (tertiary/aromatic N) is 2. The maximum atomic E-state index is 12.2. The summed E-state index contributed by atoms with van der Waals surface area (Å²) < 4.78 is 0. The summed E-state index contributed by atoms with van der Waals surface area (Å²) in [5.41, 5.74) is 1.05. The van der Waals surface area contributed by atoms with Crippen LogP contribution in [-0.4, -0.2) is 15.9 Å². The predicted octanol–water partition coefficient (Wildman–Crippen LogP) is 3.88. The Morgan fingerprint density at radius 1 is 0.955 bits per heavy atom. The Morgan fingerprint density at radius 2 is 1.73 bits per heavy atom. The molecule has 3 aromatic rings. The number of aromatic nitrogens is 2. The molecule has 0 saturated heterocycles. The minimum atomic E-state index is -0.269. The van der Waals surface area contributed by atoms with Crippen LogP contribution in [0.5, 0.6) is 0 Å². The van der Waals surface area contributed by atoms with E-state index in [1.807, 2.05) is 54.6 Å². The molecule has 3 rings (SSSR count). The van der Waals surface area contributed by atoms with Crippen LogP contribution in [0, 0.1) is 0 Å². The van der Waals surface area contributed by atoms with Crippen molar-refractivity contribution in [2.75, 3.05) is 5.32 Å². The van der Waals surface area contributed by atoms with Crippen LogP contribution < -0.4 is 5.32 Å². The molecule has 1 heterocycles. The molecule has 0 radical (unpaired) electrons. The smallest absolute Gasteiger partial charge is 0.275 e. The van der Waals surface area contributed by atoms with Gasteiger partial charge in [-0.3, -0.25) is 9.78 Å². The third kappa shape index (κ3) is 3.51. The monoisotopic (exact) mass is 307 g/mol. The largest absolute Gasteiger partial charge is 0.320 e. The lowest BCUT2D eigenvalue weighted by molar-refractivity contribution is 0.102. The molecule has 5 heteroatoms. The summed E-state index contributed by atoms with van der Waals surface area (Å²) in [5, 5.41) is 2.88. The van der Waals surface area contributed by atoms with Gasteiger partial charge in [0.1, 0.15) is 5.69 Å². The molecule has 108 valence electrons. The molecule has 0 atom stereocenters. The molecule has 0 aliphatic rings. The molecular formula is C17H13N3OS. The van der Waals surface area contributed by atoms with Gasteiger partial charge in [-0.2, -0.15) is 0 Å². The van der Waals surface area contributed by atoms with Crippen LogP contribution in [0.25, 0.3) is 0 Å². The van der Waals surface area contributed by atoms with Gasteiger partial charge in [0.15, 0.2) is 0 Å². The van der Waals surface area contributed by atoms with Crippen molar-refractivity contribution in [3.05, 3.63) is 78.9 Å². The highest BCUT2D eigenvalue weighted by atomic mass is 32.2. The summed E-state index contributed by atoms with van der Waals surface area (Å²) >= 11 is 1.60. The zero-order valence-electron chi connectivity index (χ0n) is 11.6. The maximum absolute atomic E-state index is 12.2. The maximum Gasteiger partial charge on any atom is 0.275 e. The van der Waals surface area contributed by atoms with Crippen molar-refractivity contribution >= 4 is 23.4 Å². The Hall–Kier alpha value is -2.66. The molecule has 1 amide bonds. The van der Waals surface area contributed by atoms with E-state index in [2.05, 4.69) is 15.3 Å². The first-order chi connectivity index (χ1) is 10.8. The van der Waals surface area contributed by atoms with Gasteiger partial charge in [0, 0.05) is 22.2 Å². The second kappa shape index (κ2) is 6.87. The number of anilines is 1. The van der Waals surface area contributed by atoms with Crippen molar-refractivity contribution in [2.24, 2.45) is 0 Å². The predicted molar refractivity (Wildman–Crippen MR) is 87.0 cm³/mol. The summed E-state index contributed by atoms with van der Waals surface area (Å²) in [6.45, 7) is 0. The molecule has 1 aromatic heterocycles. The van der Waals surface area contributed by atoms with Crippen LogP contribution in [0.2, 0.25) is 0 Å². The van der Waals surface area contributed by atoms with Crippen molar-refractivity contribution in [1.29, 1.82) is 0 Å². The lowest BCUT2D eigenvalue weighted by Crippen LogP contribution is -2.14. The molecule has 0 aliphatic carbocycles. The molecule has 22 heavy (non-hydrogen) atoms. The van der Waals surface area contributed by atoms with Gasteiger partial charge in [0.05, 0.1) is 11.9 Å². The van der Waals surface area contributed by atoms with E-state index in [1.54, 1.807) is 11.8 Å². The van der Waals surface area contributed by atoms with Crippen LogP contribution in [0.15, 0.2) is 83.0 Å². The second-order valence-electron chi connectivity index (χ2n) is 4.46. The first-order valence-electron chi connectivity index (χ1n) is 6.72. The summed E-state index contributed by atoms with van der Waals surface area (Å²) in [5.74, 6) is -0.269. The van der Waals surface area contributed by atoms with Gasteiger partial charge >= 0.3 is 0 Å². The van der Waals surface area contributed by atoms with Gasteiger partial charge in [-0.1, -0.05) is 42.1 Å². The van der Waals surface area contributed by atoms with Crippen molar-refractivity contribution in [3.63, 3.8) is 0 Å². The molecule has 0 unspecified atom stereocenters. The Morgan fingerprint density at radius 3 is 2.50 bits per heavy atom. The molecule has 2 aromatic carbocycles. The Bertz CT molecular complexity index is 763. The van der Waals surface area contributed by atoms with Gasteiger partial charge in [0.2, 0.25) is 0 Å². The van der Waals surface area contributed by atoms with E-state index in [-0.39, 0.29) is 5.91 Å². The fourth-order valence-corrected chi connectivity index (χ4v) is 2.80. The van der Waals surface area contributed by atoms with E-state index < -0.39 is 0 Å². The fraction of sp³-hybridized carbons (Fsp3) is 0. The zero-order chi connectivity index (χ0) is 15.2. The normalized spacial score (nSPS) is 10.2. The summed E-state index contributed by atoms with van der Waals surface area (Å²) in [6, 6.07) is 17.7. The molecule has 0 fully saturated rings. The second-order valence-corrected chi connectivity index (χ2v) is 5.57. The molecule has 0 aliphatic heterocycles. The molecule has 1 N–H and O–H groups in total. The number of nitrogens with one attached hydrogen (secondary N) is 1. The lowest BCUT2D eigenvalue weighted by Gasteiger charge is -2.10. The highest BCUT2D eigenvalue weighted by Gasteiger charge is 2.10. The van der Waals surface area contributed by atoms with Crippen LogP contribution in [0.3, 0.4) is 0 Å². The summed E-state index contributed by atoms with van der Waals surface area (Å²) in [4.78, 5) is 22.2. The molecule has 0 saturated carbocycles. The fourth-order valence-electron chi connectivity index (χ4n) is 1.88. The lowest BCUT2D eigenvalue weighted by atomic mass is 10.3. The highest BCUT2D eigenvalue weighted by Crippen LogP contribution is 2.33. The minimum Gasteiger partial charge on any atom is -0.320 e. The van der Waals surface area contributed by atoms with Crippen LogP contribution in [0.1, 0.15) is 10.5 Å². The number of carbonyl (C=O) groups is 1. The molecule has 0 spiro atoms. The SMILES string of the molecule is O=C(Nc1ccccc1Sc1ccccc1)c1cnccn1. The first-order valence-corrected chi connectivity index (χ1v) is 7.54. The molecule has 4 nitrogen and oxygen atoms in total. The average molecular weight is 307 g/mol. The van der Waals surface area contributed by atoms with Gasteiger partial charge < -0.3 is 5.32 Å². The summed E-state index contributed by atoms with van der Waals surface area (Å²) in [6.07, 6.45) is 4.48. The van der Waals surface area contributed by atoms with Gasteiger partial charge in [-0.05, 0) is 24.3 Å². The Labute approximate surface area is 132 Å². The zero-order valence-corrected chi connectivity index (χ0v) is 12.5. The third-order valence-corrected chi connectivity index (χ3v) is 3.99. The number of para-hydroxylation sites is 1. The number of carbonyl (C=O) groups excluding carboxylic acids is 1. The standard InChI is InChI=1S/C17H13N3OS/c21-17(15-12-18-10-11-19-15)20-14-8-4-5-9-16(14)22-13-6-2-1-3-7-13/h1-12H,(H,20,21). The number of hydrogen-bond acceptors (Lipinski definition) is 4. The third-order valence-electron chi connectivity index (χ3n) is 2.90. The van der Waals surface area contributed by atoms with Gasteiger partial charge in [-0.25, -0.2) is 4.98 Å². The van der Waals surface area contributed by atoms with Crippen molar-refractivity contribution < 1.29 is 4.79 Å². The van der Waals surface area contributed by atoms with E-state index >= 15 is 0 Å². The van der Waals surface area contributed by atoms with E-state index in [1.165, 1.54) is 18.6 Å². The van der Waals surface area contributed by atoms with Crippen LogP contribution in [0.4, 0.5) is 5.69 Å². The van der Waals surface area contributed by atoms with Crippen LogP contribution in [-0.2, 0) is 0 Å². The number of amides is 1. The van der Waals surface area contributed by atoms with Gasteiger partial charge in [0.25, 0.3) is 5.91 Å². The number of hydrogen-bond donors (Lipinski definition) is 1. The quantitative estimate of drug-likeness (QED) is 0.794. The Kier molecular flexibility index (Phi) is 4.46. The van der Waals surface area contributed by atoms with Crippen molar-refractivity contribution in [2.45, 2.75) is 9.79 Å². The van der Waals surface area contributed by atoms with E-state index in [9.17, 15) is 4.79 Å². The minimum absolute atomic E-state index is 0.269. The van der Waals surface area contributed by atoms with E-state index in [0.29, 0.717) is 5.69 Å². The van der Waals surface area contributed by atoms with E-state index in [0.717, 1.165) is 15.5 Å². The van der Waals surface area contributed by atoms with Crippen molar-refractivity contribution in [1.82, 2.24) is 9.97 Å². The molecular weight excluding hydrogens is 294 g/mol. The number of rotatable bonds is 4. The first kappa shape index (κ1) is 14.3. The van der Waals surface area contributed by atoms with Crippen molar-refractivity contribution in [3.8, 4) is 0 Å². The summed E-state index contributed by atoms with van der Waals surface area (Å²) in [7, 11) is 0. The topological polar surface area (TPSA) is 54.9 Å². The van der Waals surface area contributed by atoms with E-state index in [4.69, 9.17) is 0 Å². The highest BCUT2D eigenvalue weighted by molar-refractivity contribution is 7.99. The van der Waals surface area contributed by atoms with Gasteiger partial charge in [-0.15, -0.1) is 0 Å². The number of benzene rings is 2. The van der Waals surface area contributed by atoms with Crippen LogP contribution >= 0.6 is 11.8 Å². The Balaban J connectivity index is 1.81. The average Bonchev–Trinajstić information content (AvgIpc) is 2.58. The molecule has 0 bridgehead atoms.